The molecule has 0 aliphatic carbocycles. The Kier molecular flexibility index (Phi) is 5.80. The van der Waals surface area contributed by atoms with Crippen molar-refractivity contribution in [3.63, 3.8) is 0 Å². The van der Waals surface area contributed by atoms with Gasteiger partial charge in [-0.3, -0.25) is 4.79 Å². The number of nitrogens with zero attached hydrogens (tertiary/aromatic N) is 4. The lowest BCUT2D eigenvalue weighted by molar-refractivity contribution is -0.125. The molecule has 0 aliphatic rings. The highest BCUT2D eigenvalue weighted by atomic mass is 32.1. The van der Waals surface area contributed by atoms with Gasteiger partial charge in [0, 0.05) is 24.0 Å². The largest absolute Gasteiger partial charge is 0.443 e. The van der Waals surface area contributed by atoms with Crippen molar-refractivity contribution in [2.24, 2.45) is 0 Å². The number of thiazole rings is 1. The van der Waals surface area contributed by atoms with Crippen molar-refractivity contribution in [2.75, 3.05) is 5.32 Å². The summed E-state index contributed by atoms with van der Waals surface area (Å²) in [6.07, 6.45) is 2.00. The molecule has 1 unspecified atom stereocenters. The Morgan fingerprint density at radius 1 is 1.10 bits per heavy atom. The minimum Gasteiger partial charge on any atom is -0.443 e. The number of amides is 1. The molecule has 0 fully saturated rings. The molecule has 1 atom stereocenters. The van der Waals surface area contributed by atoms with Gasteiger partial charge in [-0.2, -0.15) is 0 Å². The molecule has 0 aliphatic heterocycles. The summed E-state index contributed by atoms with van der Waals surface area (Å²) in [5, 5.41) is 6.85. The summed E-state index contributed by atoms with van der Waals surface area (Å²) in [7, 11) is 0. The van der Waals surface area contributed by atoms with Crippen LogP contribution in [0.5, 0.6) is 0 Å². The number of nitrogens with one attached hydrogen (secondary N) is 1. The molecule has 1 aromatic carbocycles. The normalized spacial score (nSPS) is 11.7. The lowest BCUT2D eigenvalue weighted by atomic mass is 10.1. The van der Waals surface area contributed by atoms with Crippen LogP contribution in [0.25, 0.3) is 10.8 Å². The molecule has 3 aromatic heterocycles. The topological polar surface area (TPSA) is 120 Å². The minimum absolute atomic E-state index is 0.233. The highest BCUT2D eigenvalue weighted by Gasteiger charge is 2.28. The van der Waals surface area contributed by atoms with Crippen molar-refractivity contribution in [3.05, 3.63) is 76.8 Å². The van der Waals surface area contributed by atoms with E-state index in [-0.39, 0.29) is 10.7 Å². The number of benzene rings is 1. The van der Waals surface area contributed by atoms with Crippen LogP contribution in [-0.2, 0) is 9.53 Å². The first-order valence-electron chi connectivity index (χ1n) is 9.26. The molecule has 4 aromatic rings. The van der Waals surface area contributed by atoms with E-state index in [1.165, 1.54) is 0 Å². The van der Waals surface area contributed by atoms with E-state index in [0.29, 0.717) is 27.8 Å². The fraction of sp³-hybridized carbons (Fsp3) is 0.143. The van der Waals surface area contributed by atoms with Crippen molar-refractivity contribution in [1.82, 2.24) is 20.1 Å². The van der Waals surface area contributed by atoms with E-state index < -0.39 is 18.0 Å². The second-order valence-corrected chi connectivity index (χ2v) is 7.51. The highest BCUT2D eigenvalue weighted by Crippen LogP contribution is 2.28. The first kappa shape index (κ1) is 20.4. The summed E-state index contributed by atoms with van der Waals surface area (Å²) in [6.45, 7) is 3.40. The fourth-order valence-corrected chi connectivity index (χ4v) is 3.67. The molecule has 156 valence electrons. The van der Waals surface area contributed by atoms with Crippen LogP contribution in [0.2, 0.25) is 0 Å². The third-order valence-corrected chi connectivity index (χ3v) is 5.32. The van der Waals surface area contributed by atoms with Gasteiger partial charge in [-0.15, -0.1) is 11.3 Å². The van der Waals surface area contributed by atoms with Gasteiger partial charge < -0.3 is 14.6 Å². The van der Waals surface area contributed by atoms with Gasteiger partial charge in [0.25, 0.3) is 5.91 Å². The van der Waals surface area contributed by atoms with Crippen LogP contribution in [-0.4, -0.2) is 32.0 Å². The van der Waals surface area contributed by atoms with Gasteiger partial charge in [0.1, 0.15) is 10.6 Å². The molecule has 0 radical (unpaired) electrons. The van der Waals surface area contributed by atoms with E-state index in [1.807, 2.05) is 0 Å². The number of carbonyl (C=O) groups excluding carboxylic acids is 2. The van der Waals surface area contributed by atoms with Crippen molar-refractivity contribution in [1.29, 1.82) is 0 Å². The lowest BCUT2D eigenvalue weighted by Gasteiger charge is -2.17. The molecule has 1 N–H and O–H groups in total. The lowest BCUT2D eigenvalue weighted by Crippen LogP contribution is -2.26. The van der Waals surface area contributed by atoms with Crippen LogP contribution >= 0.6 is 11.3 Å². The molecule has 4 rings (SSSR count). The zero-order valence-electron chi connectivity index (χ0n) is 16.6. The van der Waals surface area contributed by atoms with Crippen LogP contribution in [0.3, 0.4) is 0 Å². The number of hydrogen-bond donors (Lipinski definition) is 1. The van der Waals surface area contributed by atoms with Crippen molar-refractivity contribution in [2.45, 2.75) is 20.0 Å². The molecule has 31 heavy (non-hydrogen) atoms. The first-order valence-corrected chi connectivity index (χ1v) is 10.1. The van der Waals surface area contributed by atoms with Crippen molar-refractivity contribution < 1.29 is 18.8 Å². The Hall–Kier alpha value is -3.92. The van der Waals surface area contributed by atoms with Gasteiger partial charge in [-0.1, -0.05) is 35.5 Å². The average Bonchev–Trinajstić information content (AvgIpc) is 3.38. The number of anilines is 1. The maximum Gasteiger partial charge on any atom is 0.351 e. The van der Waals surface area contributed by atoms with Crippen molar-refractivity contribution >= 4 is 29.0 Å². The third-order valence-electron chi connectivity index (χ3n) is 4.18. The maximum absolute atomic E-state index is 12.9. The Bertz CT molecular complexity index is 1210. The molecule has 1 amide bonds. The molecule has 0 bridgehead atoms. The highest BCUT2D eigenvalue weighted by molar-refractivity contribution is 7.16. The van der Waals surface area contributed by atoms with Gasteiger partial charge in [0.15, 0.2) is 16.6 Å². The molecule has 9 nitrogen and oxygen atoms in total. The van der Waals surface area contributed by atoms with Crippen LogP contribution in [0.4, 0.5) is 5.82 Å². The number of ether oxygens (including phenoxy) is 1. The van der Waals surface area contributed by atoms with E-state index in [1.54, 1.807) is 68.7 Å². The molecular weight excluding hydrogens is 418 g/mol. The maximum atomic E-state index is 12.9. The molecule has 3 heterocycles. The molecule has 0 spiro atoms. The summed E-state index contributed by atoms with van der Waals surface area (Å²) >= 11 is 1.11. The van der Waals surface area contributed by atoms with Crippen LogP contribution in [0.15, 0.2) is 59.4 Å². The standard InChI is InChI=1S/C21H17N5O4S/c1-12-11-15(26-30-12)25-19(27)16(14-7-4-3-5-8-14)29-21(28)17-13(2)24-20(31-17)18-22-9-6-10-23-18/h3-11,16H,1-2H3,(H,25,26,27). The summed E-state index contributed by atoms with van der Waals surface area (Å²) in [5.41, 5.74) is 0.985. The quantitative estimate of drug-likeness (QED) is 0.455. The number of aromatic nitrogens is 4. The number of aryl methyl sites for hydroxylation is 2. The molecule has 0 saturated heterocycles. The van der Waals surface area contributed by atoms with Gasteiger partial charge in [-0.05, 0) is 19.9 Å². The van der Waals surface area contributed by atoms with E-state index in [2.05, 4.69) is 25.4 Å². The second-order valence-electron chi connectivity index (χ2n) is 6.51. The van der Waals surface area contributed by atoms with Crippen LogP contribution in [0, 0.1) is 13.8 Å². The summed E-state index contributed by atoms with van der Waals surface area (Å²) in [4.78, 5) is 38.8. The van der Waals surface area contributed by atoms with Gasteiger partial charge in [0.05, 0.1) is 5.69 Å². The summed E-state index contributed by atoms with van der Waals surface area (Å²) in [6, 6.07) is 12.0. The zero-order valence-corrected chi connectivity index (χ0v) is 17.4. The smallest absolute Gasteiger partial charge is 0.351 e. The van der Waals surface area contributed by atoms with Crippen molar-refractivity contribution in [3.8, 4) is 10.8 Å². The molecule has 0 saturated carbocycles. The Morgan fingerprint density at radius 3 is 2.52 bits per heavy atom. The second kappa shape index (κ2) is 8.84. The van der Waals surface area contributed by atoms with Gasteiger partial charge in [-0.25, -0.2) is 19.7 Å². The van der Waals surface area contributed by atoms with E-state index in [0.717, 1.165) is 11.3 Å². The van der Waals surface area contributed by atoms with Gasteiger partial charge >= 0.3 is 5.97 Å². The average molecular weight is 435 g/mol. The van der Waals surface area contributed by atoms with E-state index in [9.17, 15) is 9.59 Å². The predicted octanol–water partition coefficient (Wildman–Crippen LogP) is 3.74. The third kappa shape index (κ3) is 4.64. The fourth-order valence-electron chi connectivity index (χ4n) is 2.77. The Balaban J connectivity index is 1.59. The van der Waals surface area contributed by atoms with Gasteiger partial charge in [0.2, 0.25) is 6.10 Å². The van der Waals surface area contributed by atoms with E-state index >= 15 is 0 Å². The summed E-state index contributed by atoms with van der Waals surface area (Å²) in [5.74, 6) is -0.0379. The number of carbonyl (C=O) groups is 2. The predicted molar refractivity (Wildman–Crippen MR) is 112 cm³/mol. The van der Waals surface area contributed by atoms with Crippen LogP contribution in [0.1, 0.15) is 32.8 Å². The Labute approximate surface area is 181 Å². The number of rotatable bonds is 6. The minimum atomic E-state index is -1.19. The number of hydrogen-bond acceptors (Lipinski definition) is 9. The zero-order chi connectivity index (χ0) is 21.8. The molecular formula is C21H17N5O4S. The number of esters is 1. The summed E-state index contributed by atoms with van der Waals surface area (Å²) < 4.78 is 10.6. The van der Waals surface area contributed by atoms with Crippen LogP contribution < -0.4 is 5.32 Å². The first-order chi connectivity index (χ1) is 15.0. The SMILES string of the molecule is Cc1cc(NC(=O)C(OC(=O)c2sc(-c3ncccn3)nc2C)c2ccccc2)no1. The Morgan fingerprint density at radius 2 is 1.84 bits per heavy atom. The molecule has 10 heteroatoms. The monoisotopic (exact) mass is 435 g/mol. The van der Waals surface area contributed by atoms with E-state index in [4.69, 9.17) is 9.26 Å².